The lowest BCUT2D eigenvalue weighted by Gasteiger charge is -2.11. The third-order valence-corrected chi connectivity index (χ3v) is 4.18. The van der Waals surface area contributed by atoms with E-state index in [1.165, 1.54) is 11.0 Å². The van der Waals surface area contributed by atoms with Gasteiger partial charge in [-0.1, -0.05) is 64.8 Å². The van der Waals surface area contributed by atoms with Crippen LogP contribution in [0.4, 0.5) is 0 Å². The number of halogens is 2. The van der Waals surface area contributed by atoms with Crippen LogP contribution in [0, 0.1) is 0 Å². The van der Waals surface area contributed by atoms with Gasteiger partial charge in [-0.3, -0.25) is 4.79 Å². The number of hydrogen-bond donors (Lipinski definition) is 0. The van der Waals surface area contributed by atoms with Crippen molar-refractivity contribution >= 4 is 35.2 Å². The fourth-order valence-electron chi connectivity index (χ4n) is 2.23. The summed E-state index contributed by atoms with van der Waals surface area (Å²) in [5.74, 6) is 0.637. The zero-order chi connectivity index (χ0) is 18.5. The molecular weight excluding hydrogens is 373 g/mol. The van der Waals surface area contributed by atoms with Gasteiger partial charge in [0.2, 0.25) is 17.6 Å². The lowest BCUT2D eigenvalue weighted by Crippen LogP contribution is -2.24. The van der Waals surface area contributed by atoms with Gasteiger partial charge in [0, 0.05) is 28.7 Å². The van der Waals surface area contributed by atoms with Crippen LogP contribution in [0.3, 0.4) is 0 Å². The van der Waals surface area contributed by atoms with Gasteiger partial charge in [0.1, 0.15) is 0 Å². The van der Waals surface area contributed by atoms with Gasteiger partial charge >= 0.3 is 0 Å². The Balaban J connectivity index is 1.64. The highest BCUT2D eigenvalue weighted by atomic mass is 35.5. The van der Waals surface area contributed by atoms with Gasteiger partial charge in [-0.15, -0.1) is 0 Å². The van der Waals surface area contributed by atoms with Crippen molar-refractivity contribution < 1.29 is 9.32 Å². The zero-order valence-electron chi connectivity index (χ0n) is 13.9. The predicted molar refractivity (Wildman–Crippen MR) is 102 cm³/mol. The Hall–Kier alpha value is -2.63. The Bertz CT molecular complexity index is 939. The second-order valence-electron chi connectivity index (χ2n) is 5.57. The summed E-state index contributed by atoms with van der Waals surface area (Å²) in [7, 11) is 1.66. The van der Waals surface area contributed by atoms with E-state index in [-0.39, 0.29) is 12.5 Å². The number of nitrogens with zero attached hydrogens (tertiary/aromatic N) is 3. The van der Waals surface area contributed by atoms with Crippen LogP contribution in [0.2, 0.25) is 10.0 Å². The predicted octanol–water partition coefficient (Wildman–Crippen LogP) is 4.72. The van der Waals surface area contributed by atoms with E-state index >= 15 is 0 Å². The number of hydrogen-bond acceptors (Lipinski definition) is 4. The van der Waals surface area contributed by atoms with Crippen molar-refractivity contribution in [2.45, 2.75) is 6.54 Å². The standard InChI is InChI=1S/C19H15Cl2N3O2/c1-24(18(25)10-8-13-7-9-15(20)11-16(13)21)12-17-22-19(23-26-17)14-5-3-2-4-6-14/h2-11H,12H2,1H3. The van der Waals surface area contributed by atoms with Gasteiger partial charge < -0.3 is 9.42 Å². The molecule has 0 bridgehead atoms. The lowest BCUT2D eigenvalue weighted by atomic mass is 10.2. The van der Waals surface area contributed by atoms with Gasteiger partial charge in [-0.25, -0.2) is 0 Å². The molecule has 3 rings (SSSR count). The van der Waals surface area contributed by atoms with Gasteiger partial charge in [0.25, 0.3) is 0 Å². The summed E-state index contributed by atoms with van der Waals surface area (Å²) in [6.45, 7) is 0.206. The highest BCUT2D eigenvalue weighted by Gasteiger charge is 2.13. The number of carbonyl (C=O) groups is 1. The topological polar surface area (TPSA) is 59.2 Å². The molecule has 0 aliphatic rings. The minimum atomic E-state index is -0.213. The molecule has 1 aromatic heterocycles. The molecule has 0 unspecified atom stereocenters. The Labute approximate surface area is 160 Å². The SMILES string of the molecule is CN(Cc1nc(-c2ccccc2)no1)C(=O)C=Cc1ccc(Cl)cc1Cl. The van der Waals surface area contributed by atoms with Crippen LogP contribution in [0.15, 0.2) is 59.1 Å². The van der Waals surface area contributed by atoms with Gasteiger partial charge in [0.15, 0.2) is 0 Å². The maximum Gasteiger partial charge on any atom is 0.246 e. The van der Waals surface area contributed by atoms with Crippen LogP contribution in [-0.2, 0) is 11.3 Å². The smallest absolute Gasteiger partial charge is 0.246 e. The van der Waals surface area contributed by atoms with E-state index < -0.39 is 0 Å². The average Bonchev–Trinajstić information content (AvgIpc) is 3.10. The number of rotatable bonds is 5. The molecule has 0 atom stereocenters. The second kappa shape index (κ2) is 8.17. The molecule has 0 N–H and O–H groups in total. The van der Waals surface area contributed by atoms with Crippen molar-refractivity contribution in [2.24, 2.45) is 0 Å². The lowest BCUT2D eigenvalue weighted by molar-refractivity contribution is -0.125. The van der Waals surface area contributed by atoms with E-state index in [2.05, 4.69) is 10.1 Å². The van der Waals surface area contributed by atoms with Crippen molar-refractivity contribution in [3.8, 4) is 11.4 Å². The van der Waals surface area contributed by atoms with Crippen LogP contribution in [0.5, 0.6) is 0 Å². The molecule has 132 valence electrons. The monoisotopic (exact) mass is 387 g/mol. The van der Waals surface area contributed by atoms with Crippen LogP contribution in [0.25, 0.3) is 17.5 Å². The molecule has 1 amide bonds. The van der Waals surface area contributed by atoms with Crippen molar-refractivity contribution in [3.63, 3.8) is 0 Å². The van der Waals surface area contributed by atoms with Crippen LogP contribution in [0.1, 0.15) is 11.5 Å². The first-order valence-electron chi connectivity index (χ1n) is 7.79. The van der Waals surface area contributed by atoms with Crippen LogP contribution in [-0.4, -0.2) is 28.0 Å². The van der Waals surface area contributed by atoms with Crippen LogP contribution < -0.4 is 0 Å². The summed E-state index contributed by atoms with van der Waals surface area (Å²) in [6, 6.07) is 14.6. The second-order valence-corrected chi connectivity index (χ2v) is 6.41. The third-order valence-electron chi connectivity index (χ3n) is 3.62. The normalized spacial score (nSPS) is 11.0. The molecule has 5 nitrogen and oxygen atoms in total. The average molecular weight is 388 g/mol. The van der Waals surface area contributed by atoms with Crippen molar-refractivity contribution in [2.75, 3.05) is 7.05 Å². The number of carbonyl (C=O) groups excluding carboxylic acids is 1. The molecule has 0 aliphatic carbocycles. The fourth-order valence-corrected chi connectivity index (χ4v) is 2.70. The maximum absolute atomic E-state index is 12.3. The Kier molecular flexibility index (Phi) is 5.71. The minimum absolute atomic E-state index is 0.206. The molecule has 2 aromatic carbocycles. The molecule has 0 aliphatic heterocycles. The van der Waals surface area contributed by atoms with E-state index in [0.29, 0.717) is 27.3 Å². The largest absolute Gasteiger partial charge is 0.337 e. The molecule has 0 saturated heterocycles. The first-order chi connectivity index (χ1) is 12.5. The summed E-state index contributed by atoms with van der Waals surface area (Å²) in [4.78, 5) is 18.0. The number of aromatic nitrogens is 2. The van der Waals surface area contributed by atoms with E-state index in [0.717, 1.165) is 5.56 Å². The zero-order valence-corrected chi connectivity index (χ0v) is 15.4. The summed E-state index contributed by atoms with van der Waals surface area (Å²) in [6.07, 6.45) is 3.07. The minimum Gasteiger partial charge on any atom is -0.337 e. The Morgan fingerprint density at radius 3 is 2.69 bits per heavy atom. The molecular formula is C19H15Cl2N3O2. The highest BCUT2D eigenvalue weighted by Crippen LogP contribution is 2.22. The van der Waals surface area contributed by atoms with Gasteiger partial charge in [-0.05, 0) is 23.8 Å². The van der Waals surface area contributed by atoms with Crippen molar-refractivity contribution in [1.29, 1.82) is 0 Å². The van der Waals surface area contributed by atoms with E-state index in [1.807, 2.05) is 30.3 Å². The third kappa shape index (κ3) is 4.50. The Morgan fingerprint density at radius 2 is 1.96 bits per heavy atom. The fraction of sp³-hybridized carbons (Fsp3) is 0.105. The molecule has 7 heteroatoms. The van der Waals surface area contributed by atoms with Crippen LogP contribution >= 0.6 is 23.2 Å². The van der Waals surface area contributed by atoms with E-state index in [9.17, 15) is 4.79 Å². The summed E-state index contributed by atoms with van der Waals surface area (Å²) >= 11 is 11.9. The molecule has 0 saturated carbocycles. The summed E-state index contributed by atoms with van der Waals surface area (Å²) in [5.41, 5.74) is 1.57. The maximum atomic E-state index is 12.3. The number of benzene rings is 2. The highest BCUT2D eigenvalue weighted by molar-refractivity contribution is 6.35. The molecule has 26 heavy (non-hydrogen) atoms. The molecule has 3 aromatic rings. The number of amides is 1. The van der Waals surface area contributed by atoms with Crippen molar-refractivity contribution in [3.05, 3.63) is 76.1 Å². The first-order valence-corrected chi connectivity index (χ1v) is 8.55. The molecule has 0 radical (unpaired) electrons. The number of likely N-dealkylation sites (N-methyl/N-ethyl adjacent to an activating group) is 1. The molecule has 1 heterocycles. The summed E-state index contributed by atoms with van der Waals surface area (Å²) in [5, 5.41) is 4.96. The summed E-state index contributed by atoms with van der Waals surface area (Å²) < 4.78 is 5.22. The van der Waals surface area contributed by atoms with E-state index in [4.69, 9.17) is 27.7 Å². The quantitative estimate of drug-likeness (QED) is 0.594. The molecule has 0 spiro atoms. The molecule has 0 fully saturated rings. The van der Waals surface area contributed by atoms with Gasteiger partial charge in [0.05, 0.1) is 6.54 Å². The Morgan fingerprint density at radius 1 is 1.19 bits per heavy atom. The van der Waals surface area contributed by atoms with Crippen molar-refractivity contribution in [1.82, 2.24) is 15.0 Å². The van der Waals surface area contributed by atoms with E-state index in [1.54, 1.807) is 31.3 Å². The van der Waals surface area contributed by atoms with Gasteiger partial charge in [-0.2, -0.15) is 4.98 Å². The first kappa shape index (κ1) is 18.2.